The first kappa shape index (κ1) is 44.1. The van der Waals surface area contributed by atoms with E-state index in [2.05, 4.69) is 58.1 Å². The number of thiol groups is 1. The smallest absolute Gasteiger partial charge is 0.413 e. The number of likely N-dealkylation sites (N-methyl/N-ethyl adjacent to an activating group) is 1. The predicted octanol–water partition coefficient (Wildman–Crippen LogP) is 0.425. The number of ether oxygens (including phenoxy) is 3. The highest BCUT2D eigenvalue weighted by atomic mass is 32.7. The van der Waals surface area contributed by atoms with Crippen molar-refractivity contribution >= 4 is 89.4 Å². The predicted molar refractivity (Wildman–Crippen MR) is 220 cm³/mol. The van der Waals surface area contributed by atoms with E-state index >= 15 is 0 Å². The highest BCUT2D eigenvalue weighted by Gasteiger charge is 2.53. The molecule has 0 spiro atoms. The van der Waals surface area contributed by atoms with Crippen LogP contribution in [0.5, 0.6) is 0 Å². The lowest BCUT2D eigenvalue weighted by atomic mass is 10.1. The molecule has 7 heterocycles. The first-order valence-corrected chi connectivity index (χ1v) is 23.7. The van der Waals surface area contributed by atoms with Crippen LogP contribution < -0.4 is 27.2 Å². The molecule has 2 amide bonds. The summed E-state index contributed by atoms with van der Waals surface area (Å²) in [6.45, 7) is -8.45. The number of H-pyrrole nitrogens is 1. The van der Waals surface area contributed by atoms with E-state index in [0.717, 1.165) is 6.33 Å². The van der Waals surface area contributed by atoms with Crippen LogP contribution in [0.4, 0.5) is 22.2 Å². The summed E-state index contributed by atoms with van der Waals surface area (Å²) >= 11 is 9.41. The van der Waals surface area contributed by atoms with Crippen molar-refractivity contribution in [1.29, 1.82) is 0 Å². The Balaban J connectivity index is 0.980. The third-order valence-electron chi connectivity index (χ3n) is 9.93. The molecule has 3 aliphatic rings. The maximum absolute atomic E-state index is 13.9. The van der Waals surface area contributed by atoms with Gasteiger partial charge in [0.1, 0.15) is 49.6 Å². The van der Waals surface area contributed by atoms with Crippen molar-refractivity contribution < 1.29 is 61.6 Å². The number of hydrogen-bond acceptors (Lipinski definition) is 21. The molecule has 5 aromatic rings. The van der Waals surface area contributed by atoms with Gasteiger partial charge in [0.2, 0.25) is 11.9 Å². The van der Waals surface area contributed by atoms with Crippen LogP contribution in [0.15, 0.2) is 48.0 Å². The molecule has 3 fully saturated rings. The average molecular weight is 941 g/mol. The van der Waals surface area contributed by atoms with Crippen LogP contribution in [-0.4, -0.2) is 129 Å². The zero-order chi connectivity index (χ0) is 44.1. The standard InChI is InChI=1S/C32H38N12O14P2S2/c1-13(34-2)27(47)39-15-5-3-14(4-6-15)7-52-32(49)40-24-18-25(36-10-35-24)43(11-37-18)30-23-20(45)16(55-30)8-53-59(50,61)57-22-17(9-54-60(51,62)58-23)56-29(21(22)46)44-12-38-19-26(44)41-31(33)42-28(19)48/h3-6,10-13,16-17,20-23,29-30,34,45-46H,7-9H2,1-2H3,(H,39,47)(H,50,61)(H,51,62)(H3,33,41,42,48)(H,35,36,40,49)/t13-,16?,17?,20?,21?,22?,23?,29?,30?,59?,60?/m0/s1. The Bertz CT molecular complexity index is 2660. The van der Waals surface area contributed by atoms with Gasteiger partial charge in [0.05, 0.1) is 31.9 Å². The molecule has 11 atom stereocenters. The molecule has 3 saturated heterocycles. The first-order chi connectivity index (χ1) is 29.5. The Morgan fingerprint density at radius 3 is 2.42 bits per heavy atom. The monoisotopic (exact) mass is 940 g/mol. The van der Waals surface area contributed by atoms with Gasteiger partial charge in [-0.05, 0) is 43.5 Å². The normalized spacial score (nSPS) is 30.8. The van der Waals surface area contributed by atoms with E-state index in [1.807, 2.05) is 0 Å². The number of aromatic nitrogens is 8. The molecule has 0 aliphatic carbocycles. The summed E-state index contributed by atoms with van der Waals surface area (Å²) in [6.07, 6.45) is -9.04. The number of aliphatic hydroxyl groups is 2. The van der Waals surface area contributed by atoms with E-state index in [-0.39, 0.29) is 46.6 Å². The summed E-state index contributed by atoms with van der Waals surface area (Å²) in [6, 6.07) is 6.29. The number of imidazole rings is 2. The zero-order valence-electron chi connectivity index (χ0n) is 32.1. The van der Waals surface area contributed by atoms with Gasteiger partial charge < -0.3 is 50.2 Å². The van der Waals surface area contributed by atoms with Crippen molar-refractivity contribution in [3.63, 3.8) is 0 Å². The third-order valence-corrected chi connectivity index (χ3v) is 13.1. The van der Waals surface area contributed by atoms with Gasteiger partial charge in [0.25, 0.3) is 5.56 Å². The number of anilines is 3. The van der Waals surface area contributed by atoms with Crippen LogP contribution in [0.1, 0.15) is 24.9 Å². The van der Waals surface area contributed by atoms with Gasteiger partial charge in [-0.25, -0.2) is 29.3 Å². The summed E-state index contributed by atoms with van der Waals surface area (Å²) in [5.74, 6) is -0.513. The molecule has 8 rings (SSSR count). The molecule has 62 heavy (non-hydrogen) atoms. The maximum Gasteiger partial charge on any atom is 0.413 e. The minimum Gasteiger partial charge on any atom is -0.444 e. The van der Waals surface area contributed by atoms with Crippen molar-refractivity contribution in [2.24, 2.45) is 0 Å². The van der Waals surface area contributed by atoms with Crippen LogP contribution >= 0.6 is 25.8 Å². The lowest BCUT2D eigenvalue weighted by molar-refractivity contribution is -0.117. The van der Waals surface area contributed by atoms with E-state index in [0.29, 0.717) is 11.3 Å². The lowest BCUT2D eigenvalue weighted by Gasteiger charge is -2.27. The van der Waals surface area contributed by atoms with Gasteiger partial charge in [-0.3, -0.25) is 42.6 Å². The number of rotatable bonds is 8. The number of carbonyl (C=O) groups excluding carboxylic acids is 2. The second-order valence-electron chi connectivity index (χ2n) is 14.0. The molecule has 2 bridgehead atoms. The zero-order valence-corrected chi connectivity index (χ0v) is 35.6. The Kier molecular flexibility index (Phi) is 12.5. The number of benzene rings is 1. The fourth-order valence-corrected chi connectivity index (χ4v) is 9.62. The van der Waals surface area contributed by atoms with Crippen molar-refractivity contribution in [3.05, 3.63) is 59.2 Å². The molecule has 332 valence electrons. The van der Waals surface area contributed by atoms with Gasteiger partial charge in [-0.1, -0.05) is 24.4 Å². The van der Waals surface area contributed by atoms with Gasteiger partial charge in [-0.15, -0.1) is 0 Å². The van der Waals surface area contributed by atoms with E-state index < -0.39 is 93.5 Å². The fraction of sp³-hybridized carbons (Fsp3) is 0.438. The van der Waals surface area contributed by atoms with Gasteiger partial charge in [0, 0.05) is 5.69 Å². The van der Waals surface area contributed by atoms with Gasteiger partial charge in [-0.2, -0.15) is 4.98 Å². The number of nitrogens with zero attached hydrogens (tertiary/aromatic N) is 7. The van der Waals surface area contributed by atoms with Crippen LogP contribution in [0.25, 0.3) is 22.3 Å². The number of aromatic amines is 1. The molecule has 30 heteroatoms. The topological polar surface area (TPSA) is 346 Å². The maximum atomic E-state index is 13.9. The number of carbonyl (C=O) groups is 2. The Morgan fingerprint density at radius 2 is 1.68 bits per heavy atom. The molecule has 3 aliphatic heterocycles. The minimum atomic E-state index is -4.48. The quantitative estimate of drug-likeness (QED) is 0.0752. The van der Waals surface area contributed by atoms with Crippen molar-refractivity contribution in [3.8, 4) is 0 Å². The summed E-state index contributed by atoms with van der Waals surface area (Å²) in [4.78, 5) is 71.7. The SMILES string of the molecule is CN[C@@H](C)C(=O)Nc1ccc(COC(=O)Nc2ncnc3c2ncn3C2OC3COP(O)(=S)OC4C(COP(=O)(S)OC2C3O)OC(n2cnc3c(=O)[nH]c(N)nc32)C4O)cc1. The van der Waals surface area contributed by atoms with Crippen molar-refractivity contribution in [2.45, 2.75) is 68.7 Å². The number of aliphatic hydroxyl groups excluding tert-OH is 2. The summed E-state index contributed by atoms with van der Waals surface area (Å²) in [5, 5.41) is 31.0. The number of amides is 2. The molecule has 26 nitrogen and oxygen atoms in total. The Hall–Kier alpha value is -4.51. The molecule has 10 unspecified atom stereocenters. The lowest BCUT2D eigenvalue weighted by Crippen LogP contribution is -2.36. The molecule has 9 N–H and O–H groups in total. The van der Waals surface area contributed by atoms with Crippen LogP contribution in [0, 0.1) is 0 Å². The van der Waals surface area contributed by atoms with Crippen LogP contribution in [0.2, 0.25) is 0 Å². The first-order valence-electron chi connectivity index (χ1n) is 18.4. The van der Waals surface area contributed by atoms with Crippen molar-refractivity contribution in [1.82, 2.24) is 44.4 Å². The number of nitrogen functional groups attached to an aromatic ring is 1. The molecule has 4 aromatic heterocycles. The number of hydrogen-bond donors (Lipinski definition) is 9. The number of nitrogens with one attached hydrogen (secondary N) is 4. The summed E-state index contributed by atoms with van der Waals surface area (Å²) < 4.78 is 56.6. The van der Waals surface area contributed by atoms with E-state index in [1.165, 1.54) is 21.8 Å². The molecule has 0 saturated carbocycles. The Morgan fingerprint density at radius 1 is 0.984 bits per heavy atom. The fourth-order valence-electron chi connectivity index (χ4n) is 6.72. The molecular formula is C32H38N12O14P2S2. The van der Waals surface area contributed by atoms with E-state index in [1.54, 1.807) is 38.2 Å². The van der Waals surface area contributed by atoms with Gasteiger partial charge >= 0.3 is 19.6 Å². The van der Waals surface area contributed by atoms with Crippen LogP contribution in [0.3, 0.4) is 0 Å². The third kappa shape index (κ3) is 9.11. The highest BCUT2D eigenvalue weighted by Crippen LogP contribution is 2.58. The van der Waals surface area contributed by atoms with Gasteiger partial charge in [0.15, 0.2) is 40.6 Å². The molecule has 0 radical (unpaired) electrons. The number of nitrogens with two attached hydrogens (primary N) is 1. The van der Waals surface area contributed by atoms with E-state index in [9.17, 15) is 34.1 Å². The molecule has 1 aromatic carbocycles. The number of fused-ring (bicyclic) bond motifs is 5. The highest BCUT2D eigenvalue weighted by molar-refractivity contribution is 8.44. The summed E-state index contributed by atoms with van der Waals surface area (Å²) in [5.41, 5.74) is 6.21. The largest absolute Gasteiger partial charge is 0.444 e. The summed E-state index contributed by atoms with van der Waals surface area (Å²) in [7, 11) is 1.67. The molecular weight excluding hydrogens is 903 g/mol. The second kappa shape index (κ2) is 17.6. The van der Waals surface area contributed by atoms with Crippen molar-refractivity contribution in [2.75, 3.05) is 36.6 Å². The van der Waals surface area contributed by atoms with E-state index in [4.69, 9.17) is 49.8 Å². The minimum absolute atomic E-state index is 0.0520. The average Bonchev–Trinajstić information content (AvgIpc) is 4.00. The Labute approximate surface area is 358 Å². The van der Waals surface area contributed by atoms with Crippen LogP contribution in [-0.2, 0) is 60.1 Å². The second-order valence-corrected chi connectivity index (χ2v) is 19.7.